The van der Waals surface area contributed by atoms with Gasteiger partial charge in [0, 0.05) is 17.6 Å². The summed E-state index contributed by atoms with van der Waals surface area (Å²) in [4.78, 5) is 29.4. The zero-order chi connectivity index (χ0) is 29.4. The van der Waals surface area contributed by atoms with E-state index >= 15 is 0 Å². The quantitative estimate of drug-likeness (QED) is 0.290. The summed E-state index contributed by atoms with van der Waals surface area (Å²) in [5.74, 6) is -0.669. The van der Waals surface area contributed by atoms with E-state index in [0.29, 0.717) is 22.7 Å². The molecule has 0 aliphatic heterocycles. The maximum atomic E-state index is 14.2. The van der Waals surface area contributed by atoms with Crippen molar-refractivity contribution in [1.82, 2.24) is 10.2 Å². The average molecular weight is 596 g/mol. The second-order valence-electron chi connectivity index (χ2n) is 10.5. The summed E-state index contributed by atoms with van der Waals surface area (Å²) < 4.78 is 29.1. The van der Waals surface area contributed by atoms with Crippen LogP contribution in [-0.4, -0.2) is 43.8 Å². The van der Waals surface area contributed by atoms with Crippen molar-refractivity contribution in [2.75, 3.05) is 10.8 Å². The molecule has 0 radical (unpaired) electrons. The first-order valence-corrected chi connectivity index (χ1v) is 16.0. The zero-order valence-corrected chi connectivity index (χ0v) is 25.2. The number of halogens is 1. The molecule has 1 atom stereocenters. The van der Waals surface area contributed by atoms with Crippen LogP contribution in [0.15, 0.2) is 83.8 Å². The molecule has 0 unspecified atom stereocenters. The standard InChI is InChI=1S/C32H38ClN3O4S/c1-3-29(32(38)34-27-15-9-5-10-16-27)35(22-25-13-7-4-8-14-25)31(37)23-36(30-20-19-26(33)21-24(30)2)41(39,40)28-17-11-6-12-18-28/h4,6-8,11-14,17-21,27,29H,3,5,9-10,15-16,22-23H2,1-2H3,(H,34,38)/t29-/m1/s1. The fourth-order valence-corrected chi connectivity index (χ4v) is 7.10. The number of sulfonamides is 1. The third kappa shape index (κ3) is 7.68. The van der Waals surface area contributed by atoms with Gasteiger partial charge in [-0.3, -0.25) is 13.9 Å². The number of carbonyl (C=O) groups is 2. The number of benzene rings is 3. The number of nitrogens with zero attached hydrogens (tertiary/aromatic N) is 2. The first-order valence-electron chi connectivity index (χ1n) is 14.2. The summed E-state index contributed by atoms with van der Waals surface area (Å²) in [6, 6.07) is 21.7. The van der Waals surface area contributed by atoms with Crippen LogP contribution in [-0.2, 0) is 26.2 Å². The molecule has 41 heavy (non-hydrogen) atoms. The van der Waals surface area contributed by atoms with Crippen molar-refractivity contribution in [2.24, 2.45) is 0 Å². The summed E-state index contributed by atoms with van der Waals surface area (Å²) in [5.41, 5.74) is 1.82. The summed E-state index contributed by atoms with van der Waals surface area (Å²) in [5, 5.41) is 3.63. The first-order chi connectivity index (χ1) is 19.7. The Bertz CT molecular complexity index is 1430. The largest absolute Gasteiger partial charge is 0.352 e. The third-order valence-corrected chi connectivity index (χ3v) is 9.58. The van der Waals surface area contributed by atoms with Crippen LogP contribution < -0.4 is 9.62 Å². The minimum atomic E-state index is -4.12. The molecule has 2 amide bonds. The number of amides is 2. The fraction of sp³-hybridized carbons (Fsp3) is 0.375. The molecular formula is C32H38ClN3O4S. The van der Waals surface area contributed by atoms with Crippen molar-refractivity contribution in [3.63, 3.8) is 0 Å². The normalized spacial score (nSPS) is 14.7. The number of aryl methyl sites for hydroxylation is 1. The van der Waals surface area contributed by atoms with Gasteiger partial charge in [0.15, 0.2) is 0 Å². The molecule has 1 N–H and O–H groups in total. The molecular weight excluding hydrogens is 558 g/mol. The Morgan fingerprint density at radius 1 is 0.951 bits per heavy atom. The van der Waals surface area contributed by atoms with E-state index in [4.69, 9.17) is 11.6 Å². The lowest BCUT2D eigenvalue weighted by Gasteiger charge is -2.34. The summed E-state index contributed by atoms with van der Waals surface area (Å²) in [6.45, 7) is 3.33. The Labute approximate surface area is 248 Å². The number of hydrogen-bond donors (Lipinski definition) is 1. The average Bonchev–Trinajstić information content (AvgIpc) is 2.97. The van der Waals surface area contributed by atoms with E-state index in [-0.39, 0.29) is 23.4 Å². The number of rotatable bonds is 11. The third-order valence-electron chi connectivity index (χ3n) is 7.57. The molecule has 218 valence electrons. The van der Waals surface area contributed by atoms with Crippen LogP contribution in [0.1, 0.15) is 56.6 Å². The van der Waals surface area contributed by atoms with Gasteiger partial charge in [-0.05, 0) is 67.6 Å². The van der Waals surface area contributed by atoms with Crippen molar-refractivity contribution >= 4 is 39.1 Å². The monoisotopic (exact) mass is 595 g/mol. The number of nitrogens with one attached hydrogen (secondary N) is 1. The van der Waals surface area contributed by atoms with E-state index in [1.807, 2.05) is 37.3 Å². The molecule has 0 aromatic heterocycles. The van der Waals surface area contributed by atoms with Gasteiger partial charge in [-0.2, -0.15) is 0 Å². The maximum absolute atomic E-state index is 14.2. The van der Waals surface area contributed by atoms with Crippen molar-refractivity contribution in [3.05, 3.63) is 95.0 Å². The van der Waals surface area contributed by atoms with Crippen molar-refractivity contribution in [1.29, 1.82) is 0 Å². The molecule has 7 nitrogen and oxygen atoms in total. The molecule has 1 fully saturated rings. The van der Waals surface area contributed by atoms with Crippen molar-refractivity contribution in [3.8, 4) is 0 Å². The minimum absolute atomic E-state index is 0.0684. The first kappa shape index (κ1) is 30.6. The summed E-state index contributed by atoms with van der Waals surface area (Å²) in [7, 11) is -4.12. The Hall–Kier alpha value is -3.36. The summed E-state index contributed by atoms with van der Waals surface area (Å²) in [6.07, 6.45) is 5.55. The van der Waals surface area contributed by atoms with Gasteiger partial charge in [-0.1, -0.05) is 86.3 Å². The highest BCUT2D eigenvalue weighted by atomic mass is 35.5. The van der Waals surface area contributed by atoms with Crippen LogP contribution >= 0.6 is 11.6 Å². The van der Waals surface area contributed by atoms with Crippen LogP contribution in [0, 0.1) is 6.92 Å². The lowest BCUT2D eigenvalue weighted by Crippen LogP contribution is -2.54. The van der Waals surface area contributed by atoms with Crippen LogP contribution in [0.2, 0.25) is 5.02 Å². The van der Waals surface area contributed by atoms with Gasteiger partial charge >= 0.3 is 0 Å². The molecule has 4 rings (SSSR count). The van der Waals surface area contributed by atoms with Gasteiger partial charge in [0.1, 0.15) is 12.6 Å². The number of carbonyl (C=O) groups excluding carboxylic acids is 2. The molecule has 0 saturated heterocycles. The summed E-state index contributed by atoms with van der Waals surface area (Å²) >= 11 is 6.19. The van der Waals surface area contributed by atoms with Gasteiger partial charge in [0.05, 0.1) is 10.6 Å². The Balaban J connectivity index is 1.71. The van der Waals surface area contributed by atoms with Gasteiger partial charge in [-0.15, -0.1) is 0 Å². The predicted molar refractivity (Wildman–Crippen MR) is 163 cm³/mol. The van der Waals surface area contributed by atoms with E-state index in [9.17, 15) is 18.0 Å². The van der Waals surface area contributed by atoms with E-state index < -0.39 is 28.5 Å². The molecule has 0 spiro atoms. The van der Waals surface area contributed by atoms with E-state index in [1.165, 1.54) is 17.0 Å². The molecule has 0 heterocycles. The molecule has 9 heteroatoms. The van der Waals surface area contributed by atoms with Gasteiger partial charge in [-0.25, -0.2) is 8.42 Å². The fourth-order valence-electron chi connectivity index (χ4n) is 5.38. The van der Waals surface area contributed by atoms with Crippen molar-refractivity contribution < 1.29 is 18.0 Å². The van der Waals surface area contributed by atoms with Crippen LogP contribution in [0.4, 0.5) is 5.69 Å². The minimum Gasteiger partial charge on any atom is -0.352 e. The Morgan fingerprint density at radius 3 is 2.20 bits per heavy atom. The highest BCUT2D eigenvalue weighted by molar-refractivity contribution is 7.92. The lowest BCUT2D eigenvalue weighted by molar-refractivity contribution is -0.140. The second-order valence-corrected chi connectivity index (χ2v) is 12.8. The van der Waals surface area contributed by atoms with Crippen molar-refractivity contribution in [2.45, 2.75) is 75.9 Å². The van der Waals surface area contributed by atoms with Gasteiger partial charge in [0.25, 0.3) is 10.0 Å². The molecule has 1 saturated carbocycles. The lowest BCUT2D eigenvalue weighted by atomic mass is 9.95. The number of anilines is 1. The van der Waals surface area contributed by atoms with Crippen LogP contribution in [0.3, 0.4) is 0 Å². The molecule has 1 aliphatic rings. The predicted octanol–water partition coefficient (Wildman–Crippen LogP) is 6.10. The second kappa shape index (κ2) is 14.0. The highest BCUT2D eigenvalue weighted by Crippen LogP contribution is 2.29. The molecule has 0 bridgehead atoms. The maximum Gasteiger partial charge on any atom is 0.264 e. The molecule has 3 aromatic carbocycles. The Morgan fingerprint density at radius 2 is 1.59 bits per heavy atom. The topological polar surface area (TPSA) is 86.8 Å². The van der Waals surface area contributed by atoms with E-state index in [0.717, 1.165) is 42.0 Å². The smallest absolute Gasteiger partial charge is 0.264 e. The van der Waals surface area contributed by atoms with E-state index in [1.54, 1.807) is 43.3 Å². The molecule has 3 aromatic rings. The van der Waals surface area contributed by atoms with Crippen LogP contribution in [0.5, 0.6) is 0 Å². The van der Waals surface area contributed by atoms with E-state index in [2.05, 4.69) is 5.32 Å². The van der Waals surface area contributed by atoms with Gasteiger partial charge in [0.2, 0.25) is 11.8 Å². The SMILES string of the molecule is CC[C@H](C(=O)NC1CCCCC1)N(Cc1ccccc1)C(=O)CN(c1ccc(Cl)cc1C)S(=O)(=O)c1ccccc1. The molecule has 1 aliphatic carbocycles. The van der Waals surface area contributed by atoms with Crippen LogP contribution in [0.25, 0.3) is 0 Å². The highest BCUT2D eigenvalue weighted by Gasteiger charge is 2.34. The zero-order valence-electron chi connectivity index (χ0n) is 23.6. The number of hydrogen-bond acceptors (Lipinski definition) is 4. The van der Waals surface area contributed by atoms with Gasteiger partial charge < -0.3 is 10.2 Å². The Kier molecular flexibility index (Phi) is 10.5.